The van der Waals surface area contributed by atoms with Crippen molar-refractivity contribution in [3.63, 3.8) is 0 Å². The molecule has 0 bridgehead atoms. The topological polar surface area (TPSA) is 78.4 Å². The third-order valence-corrected chi connectivity index (χ3v) is 6.59. The quantitative estimate of drug-likeness (QED) is 0.540. The van der Waals surface area contributed by atoms with Crippen LogP contribution >= 0.6 is 11.8 Å². The van der Waals surface area contributed by atoms with E-state index in [1.807, 2.05) is 41.6 Å². The summed E-state index contributed by atoms with van der Waals surface area (Å²) in [5.41, 5.74) is 2.20. The predicted molar refractivity (Wildman–Crippen MR) is 118 cm³/mol. The molecule has 8 heteroatoms. The van der Waals surface area contributed by atoms with Gasteiger partial charge < -0.3 is 10.2 Å². The Labute approximate surface area is 182 Å². The second-order valence-electron chi connectivity index (χ2n) is 7.94. The lowest BCUT2D eigenvalue weighted by molar-refractivity contribution is -0.146. The Balaban J connectivity index is 0.000000177. The Hall–Kier alpha value is -2.45. The first-order valence-corrected chi connectivity index (χ1v) is 11.0. The second kappa shape index (κ2) is 10.0. The molecule has 2 amide bonds. The molecule has 4 heterocycles. The molecule has 1 N–H and O–H groups in total. The summed E-state index contributed by atoms with van der Waals surface area (Å²) in [7, 11) is 0. The van der Waals surface area contributed by atoms with E-state index in [2.05, 4.69) is 53.1 Å². The molecule has 0 saturated carbocycles. The van der Waals surface area contributed by atoms with Crippen LogP contribution in [0.1, 0.15) is 32.2 Å². The number of amides is 2. The summed E-state index contributed by atoms with van der Waals surface area (Å²) in [6.07, 6.45) is 4.28. The molecule has 2 aliphatic rings. The van der Waals surface area contributed by atoms with Gasteiger partial charge in [0.05, 0.1) is 11.4 Å². The molecule has 160 valence electrons. The van der Waals surface area contributed by atoms with Gasteiger partial charge in [0.15, 0.2) is 0 Å². The molecule has 2 aromatic rings. The second-order valence-corrected chi connectivity index (χ2v) is 9.77. The third-order valence-electron chi connectivity index (χ3n) is 5.05. The molecule has 30 heavy (non-hydrogen) atoms. The normalized spacial score (nSPS) is 21.3. The summed E-state index contributed by atoms with van der Waals surface area (Å²) in [5, 5.41) is 2.71. The highest BCUT2D eigenvalue weighted by molar-refractivity contribution is 8.01. The highest BCUT2D eigenvalue weighted by Gasteiger charge is 2.55. The van der Waals surface area contributed by atoms with Gasteiger partial charge in [-0.05, 0) is 44.7 Å². The van der Waals surface area contributed by atoms with E-state index >= 15 is 0 Å². The average molecular weight is 428 g/mol. The van der Waals surface area contributed by atoms with Gasteiger partial charge >= 0.3 is 0 Å². The number of rotatable bonds is 7. The predicted octanol–water partition coefficient (Wildman–Crippen LogP) is 2.29. The SMILES string of the molecule is CC1(C)CN2C(=O)C(NC=O)C2S1.CCN(Cc1ccccn1)Cc1ccccn1. The van der Waals surface area contributed by atoms with Crippen LogP contribution in [0.5, 0.6) is 0 Å². The van der Waals surface area contributed by atoms with E-state index < -0.39 is 0 Å². The highest BCUT2D eigenvalue weighted by Crippen LogP contribution is 2.45. The molecule has 2 aliphatic heterocycles. The minimum atomic E-state index is -0.288. The van der Waals surface area contributed by atoms with E-state index in [1.54, 1.807) is 11.8 Å². The van der Waals surface area contributed by atoms with Crippen molar-refractivity contribution in [2.45, 2.75) is 50.0 Å². The fourth-order valence-electron chi connectivity index (χ4n) is 3.55. The van der Waals surface area contributed by atoms with Crippen LogP contribution in [0.2, 0.25) is 0 Å². The number of hydrogen-bond acceptors (Lipinski definition) is 6. The van der Waals surface area contributed by atoms with Crippen molar-refractivity contribution >= 4 is 24.1 Å². The number of nitrogens with zero attached hydrogens (tertiary/aromatic N) is 4. The van der Waals surface area contributed by atoms with Crippen molar-refractivity contribution in [2.24, 2.45) is 0 Å². The van der Waals surface area contributed by atoms with Crippen molar-refractivity contribution in [1.82, 2.24) is 25.1 Å². The lowest BCUT2D eigenvalue weighted by Crippen LogP contribution is -2.66. The number of nitrogens with one attached hydrogen (secondary N) is 1. The van der Waals surface area contributed by atoms with Crippen molar-refractivity contribution < 1.29 is 9.59 Å². The van der Waals surface area contributed by atoms with Crippen molar-refractivity contribution in [1.29, 1.82) is 0 Å². The monoisotopic (exact) mass is 427 g/mol. The van der Waals surface area contributed by atoms with Crippen LogP contribution in [0, 0.1) is 0 Å². The van der Waals surface area contributed by atoms with E-state index in [4.69, 9.17) is 0 Å². The van der Waals surface area contributed by atoms with Crippen LogP contribution < -0.4 is 5.32 Å². The van der Waals surface area contributed by atoms with Gasteiger partial charge in [-0.25, -0.2) is 0 Å². The van der Waals surface area contributed by atoms with Crippen LogP contribution in [-0.2, 0) is 22.7 Å². The van der Waals surface area contributed by atoms with Crippen molar-refractivity contribution in [3.05, 3.63) is 60.2 Å². The van der Waals surface area contributed by atoms with Crippen molar-refractivity contribution in [3.8, 4) is 0 Å². The molecule has 2 fully saturated rings. The number of aromatic nitrogens is 2. The van der Waals surface area contributed by atoms with Crippen LogP contribution in [0.4, 0.5) is 0 Å². The zero-order valence-corrected chi connectivity index (χ0v) is 18.5. The number of thioether (sulfide) groups is 1. The van der Waals surface area contributed by atoms with Gasteiger partial charge in [0.1, 0.15) is 11.4 Å². The molecule has 0 spiro atoms. The minimum Gasteiger partial charge on any atom is -0.344 e. The summed E-state index contributed by atoms with van der Waals surface area (Å²) >= 11 is 1.75. The smallest absolute Gasteiger partial charge is 0.249 e. The van der Waals surface area contributed by atoms with Gasteiger partial charge in [0, 0.05) is 36.8 Å². The Bertz CT molecular complexity index is 792. The average Bonchev–Trinajstić information content (AvgIpc) is 3.05. The molecule has 0 aliphatic carbocycles. The maximum atomic E-state index is 11.4. The molecule has 4 rings (SSSR count). The molecule has 2 aromatic heterocycles. The zero-order chi connectivity index (χ0) is 21.6. The first kappa shape index (κ1) is 22.2. The van der Waals surface area contributed by atoms with E-state index in [1.165, 1.54) is 0 Å². The first-order chi connectivity index (χ1) is 14.4. The molecule has 7 nitrogen and oxygen atoms in total. The number of carbonyl (C=O) groups excluding carboxylic acids is 2. The summed E-state index contributed by atoms with van der Waals surface area (Å²) in [6, 6.07) is 11.8. The minimum absolute atomic E-state index is 0.0511. The lowest BCUT2D eigenvalue weighted by Gasteiger charge is -2.40. The summed E-state index contributed by atoms with van der Waals surface area (Å²) in [6.45, 7) is 9.90. The van der Waals surface area contributed by atoms with Crippen LogP contribution in [0.3, 0.4) is 0 Å². The van der Waals surface area contributed by atoms with E-state index in [9.17, 15) is 9.59 Å². The maximum absolute atomic E-state index is 11.4. The molecule has 2 atom stereocenters. The lowest BCUT2D eigenvalue weighted by atomic mass is 10.1. The molecule has 0 aromatic carbocycles. The zero-order valence-electron chi connectivity index (χ0n) is 17.7. The number of β-lactam (4-membered cyclic amide) rings is 1. The number of carbonyl (C=O) groups is 2. The number of pyridine rings is 2. The summed E-state index contributed by atoms with van der Waals surface area (Å²) < 4.78 is 0.125. The van der Waals surface area contributed by atoms with Gasteiger partial charge in [-0.1, -0.05) is 19.1 Å². The van der Waals surface area contributed by atoms with Gasteiger partial charge in [-0.15, -0.1) is 11.8 Å². The van der Waals surface area contributed by atoms with E-state index in [0.717, 1.165) is 37.6 Å². The highest BCUT2D eigenvalue weighted by atomic mass is 32.2. The Morgan fingerprint density at radius 1 is 1.17 bits per heavy atom. The molecule has 2 saturated heterocycles. The van der Waals surface area contributed by atoms with Crippen LogP contribution in [-0.4, -0.2) is 61.3 Å². The van der Waals surface area contributed by atoms with E-state index in [0.29, 0.717) is 6.41 Å². The van der Waals surface area contributed by atoms with Gasteiger partial charge in [0.2, 0.25) is 12.3 Å². The summed E-state index contributed by atoms with van der Waals surface area (Å²) in [5.74, 6) is 0.0511. The number of hydrogen-bond donors (Lipinski definition) is 1. The summed E-state index contributed by atoms with van der Waals surface area (Å²) in [4.78, 5) is 34.5. The van der Waals surface area contributed by atoms with Crippen LogP contribution in [0.25, 0.3) is 0 Å². The Morgan fingerprint density at radius 2 is 1.77 bits per heavy atom. The van der Waals surface area contributed by atoms with E-state index in [-0.39, 0.29) is 22.1 Å². The van der Waals surface area contributed by atoms with Crippen molar-refractivity contribution in [2.75, 3.05) is 13.1 Å². The molecular formula is C22H29N5O2S. The Morgan fingerprint density at radius 3 is 2.23 bits per heavy atom. The molecule has 0 radical (unpaired) electrons. The fraction of sp³-hybridized carbons (Fsp3) is 0.455. The van der Waals surface area contributed by atoms with Gasteiger partial charge in [0.25, 0.3) is 0 Å². The standard InChI is InChI=1S/C14H17N3.C8H12N2O2S/c1-2-17(11-13-7-3-5-9-15-13)12-14-8-4-6-10-16-14;1-8(2)3-10-6(12)5(9-4-11)7(10)13-8/h3-10H,2,11-12H2,1H3;4-5,7H,3H2,1-2H3,(H,9,11). The van der Waals surface area contributed by atoms with Gasteiger partial charge in [-0.3, -0.25) is 24.5 Å². The van der Waals surface area contributed by atoms with Gasteiger partial charge in [-0.2, -0.15) is 0 Å². The Kier molecular flexibility index (Phi) is 7.44. The molecule has 2 unspecified atom stereocenters. The fourth-order valence-corrected chi connectivity index (χ4v) is 5.05. The third kappa shape index (κ3) is 5.58. The number of fused-ring (bicyclic) bond motifs is 1. The maximum Gasteiger partial charge on any atom is 0.249 e. The first-order valence-electron chi connectivity index (χ1n) is 10.1. The van der Waals surface area contributed by atoms with Crippen LogP contribution in [0.15, 0.2) is 48.8 Å². The largest absolute Gasteiger partial charge is 0.344 e. The molecular weight excluding hydrogens is 398 g/mol.